The van der Waals surface area contributed by atoms with E-state index in [4.69, 9.17) is 9.47 Å². The first-order valence-corrected chi connectivity index (χ1v) is 9.77. The predicted molar refractivity (Wildman–Crippen MR) is 98.4 cm³/mol. The average molecular weight is 363 g/mol. The Labute approximate surface area is 150 Å². The van der Waals surface area contributed by atoms with E-state index in [1.807, 2.05) is 37.3 Å². The first-order valence-electron chi connectivity index (χ1n) is 8.29. The molecule has 2 aromatic carbocycles. The number of ether oxygens (including phenoxy) is 2. The zero-order valence-electron chi connectivity index (χ0n) is 14.6. The van der Waals surface area contributed by atoms with Gasteiger partial charge < -0.3 is 9.47 Å². The second kappa shape index (κ2) is 9.56. The summed E-state index contributed by atoms with van der Waals surface area (Å²) in [4.78, 5) is 0.234. The van der Waals surface area contributed by atoms with Crippen LogP contribution in [-0.4, -0.2) is 34.8 Å². The van der Waals surface area contributed by atoms with Crippen molar-refractivity contribution in [2.75, 3.05) is 20.3 Å². The van der Waals surface area contributed by atoms with Gasteiger partial charge in [-0.15, -0.1) is 0 Å². The van der Waals surface area contributed by atoms with Crippen LogP contribution in [0.25, 0.3) is 0 Å². The smallest absolute Gasteiger partial charge is 0.240 e. The van der Waals surface area contributed by atoms with Gasteiger partial charge in [0.05, 0.1) is 11.5 Å². The summed E-state index contributed by atoms with van der Waals surface area (Å²) in [6.45, 7) is 2.79. The molecule has 1 N–H and O–H groups in total. The van der Waals surface area contributed by atoms with Gasteiger partial charge in [0.15, 0.2) is 0 Å². The molecule has 0 aliphatic rings. The Morgan fingerprint density at radius 2 is 1.68 bits per heavy atom. The molecule has 0 bridgehead atoms. The summed E-state index contributed by atoms with van der Waals surface area (Å²) >= 11 is 0. The SMILES string of the molecule is COCCOc1ccc(S(=O)(=O)NC(C)CCc2ccccc2)cc1. The third-order valence-corrected chi connectivity index (χ3v) is 5.36. The third-order valence-electron chi connectivity index (χ3n) is 3.76. The lowest BCUT2D eigenvalue weighted by Crippen LogP contribution is -2.32. The minimum absolute atomic E-state index is 0.150. The van der Waals surface area contributed by atoms with Gasteiger partial charge in [-0.3, -0.25) is 0 Å². The lowest BCUT2D eigenvalue weighted by molar-refractivity contribution is 0.146. The maximum absolute atomic E-state index is 12.5. The number of hydrogen-bond donors (Lipinski definition) is 1. The topological polar surface area (TPSA) is 64.6 Å². The van der Waals surface area contributed by atoms with Crippen LogP contribution < -0.4 is 9.46 Å². The first-order chi connectivity index (χ1) is 12.0. The van der Waals surface area contributed by atoms with Gasteiger partial charge >= 0.3 is 0 Å². The molecule has 0 spiro atoms. The largest absolute Gasteiger partial charge is 0.491 e. The maximum atomic E-state index is 12.5. The van der Waals surface area contributed by atoms with E-state index in [-0.39, 0.29) is 10.9 Å². The molecule has 0 heterocycles. The lowest BCUT2D eigenvalue weighted by Gasteiger charge is -2.14. The summed E-state index contributed by atoms with van der Waals surface area (Å²) in [7, 11) is -1.94. The van der Waals surface area contributed by atoms with Crippen molar-refractivity contribution in [3.8, 4) is 5.75 Å². The Morgan fingerprint density at radius 3 is 2.32 bits per heavy atom. The van der Waals surface area contributed by atoms with Gasteiger partial charge in [-0.25, -0.2) is 13.1 Å². The van der Waals surface area contributed by atoms with Crippen LogP contribution in [0, 0.1) is 0 Å². The summed E-state index contributed by atoms with van der Waals surface area (Å²) in [5.74, 6) is 0.619. The van der Waals surface area contributed by atoms with E-state index in [0.717, 1.165) is 12.8 Å². The highest BCUT2D eigenvalue weighted by molar-refractivity contribution is 7.89. The van der Waals surface area contributed by atoms with Crippen LogP contribution in [0.5, 0.6) is 5.75 Å². The second-order valence-corrected chi connectivity index (χ2v) is 7.57. The maximum Gasteiger partial charge on any atom is 0.240 e. The molecule has 0 aliphatic heterocycles. The third kappa shape index (κ3) is 6.49. The number of aryl methyl sites for hydroxylation is 1. The Bertz CT molecular complexity index is 730. The molecular formula is C19H25NO4S. The first kappa shape index (κ1) is 19.4. The van der Waals surface area contributed by atoms with Crippen molar-refractivity contribution in [2.24, 2.45) is 0 Å². The van der Waals surface area contributed by atoms with Crippen molar-refractivity contribution in [1.82, 2.24) is 4.72 Å². The predicted octanol–water partition coefficient (Wildman–Crippen LogP) is 3.01. The fraction of sp³-hybridized carbons (Fsp3) is 0.368. The van der Waals surface area contributed by atoms with E-state index >= 15 is 0 Å². The monoisotopic (exact) mass is 363 g/mol. The van der Waals surface area contributed by atoms with Gasteiger partial charge in [0, 0.05) is 13.2 Å². The highest BCUT2D eigenvalue weighted by Gasteiger charge is 2.17. The molecule has 0 radical (unpaired) electrons. The van der Waals surface area contributed by atoms with E-state index in [0.29, 0.717) is 19.0 Å². The summed E-state index contributed by atoms with van der Waals surface area (Å²) in [6, 6.07) is 16.3. The molecule has 1 atom stereocenters. The van der Waals surface area contributed by atoms with Crippen LogP contribution in [0.15, 0.2) is 59.5 Å². The number of nitrogens with one attached hydrogen (secondary N) is 1. The zero-order valence-corrected chi connectivity index (χ0v) is 15.5. The fourth-order valence-electron chi connectivity index (χ4n) is 2.38. The number of benzene rings is 2. The molecule has 0 aromatic heterocycles. The Morgan fingerprint density at radius 1 is 1.00 bits per heavy atom. The Kier molecular flexibility index (Phi) is 7.43. The average Bonchev–Trinajstić information content (AvgIpc) is 2.61. The quantitative estimate of drug-likeness (QED) is 0.659. The Balaban J connectivity index is 1.89. The Hall–Kier alpha value is -1.89. The van der Waals surface area contributed by atoms with Crippen LogP contribution in [0.4, 0.5) is 0 Å². The van der Waals surface area contributed by atoms with Crippen molar-refractivity contribution in [3.63, 3.8) is 0 Å². The molecule has 0 aliphatic carbocycles. The summed E-state index contributed by atoms with van der Waals surface area (Å²) in [6.07, 6.45) is 1.57. The second-order valence-electron chi connectivity index (χ2n) is 5.86. The molecule has 1 unspecified atom stereocenters. The standard InChI is InChI=1S/C19H25NO4S/c1-16(8-9-17-6-4-3-5-7-17)20-25(21,22)19-12-10-18(11-13-19)24-15-14-23-2/h3-7,10-13,16,20H,8-9,14-15H2,1-2H3. The molecule has 6 heteroatoms. The fourth-order valence-corrected chi connectivity index (χ4v) is 3.66. The molecule has 2 aromatic rings. The lowest BCUT2D eigenvalue weighted by atomic mass is 10.1. The van der Waals surface area contributed by atoms with Gasteiger partial charge in [0.2, 0.25) is 10.0 Å². The van der Waals surface area contributed by atoms with Crippen LogP contribution >= 0.6 is 0 Å². The van der Waals surface area contributed by atoms with Crippen LogP contribution in [0.2, 0.25) is 0 Å². The minimum Gasteiger partial charge on any atom is -0.491 e. The van der Waals surface area contributed by atoms with Crippen LogP contribution in [0.3, 0.4) is 0 Å². The molecule has 0 amide bonds. The van der Waals surface area contributed by atoms with E-state index in [9.17, 15) is 8.42 Å². The molecular weight excluding hydrogens is 338 g/mol. The van der Waals surface area contributed by atoms with Gasteiger partial charge in [0.25, 0.3) is 0 Å². The van der Waals surface area contributed by atoms with E-state index in [2.05, 4.69) is 4.72 Å². The highest BCUT2D eigenvalue weighted by atomic mass is 32.2. The van der Waals surface area contributed by atoms with Gasteiger partial charge in [0.1, 0.15) is 12.4 Å². The number of hydrogen-bond acceptors (Lipinski definition) is 4. The normalized spacial score (nSPS) is 12.7. The molecule has 0 fully saturated rings. The molecule has 0 saturated carbocycles. The van der Waals surface area contributed by atoms with Gasteiger partial charge in [-0.2, -0.15) is 0 Å². The van der Waals surface area contributed by atoms with Crippen molar-refractivity contribution in [1.29, 1.82) is 0 Å². The van der Waals surface area contributed by atoms with Crippen molar-refractivity contribution < 1.29 is 17.9 Å². The van der Waals surface area contributed by atoms with Gasteiger partial charge in [-0.05, 0) is 49.6 Å². The number of methoxy groups -OCH3 is 1. The van der Waals surface area contributed by atoms with E-state index < -0.39 is 10.0 Å². The molecule has 25 heavy (non-hydrogen) atoms. The molecule has 2 rings (SSSR count). The number of rotatable bonds is 10. The number of sulfonamides is 1. The summed E-state index contributed by atoms with van der Waals surface area (Å²) < 4.78 is 38.0. The molecule has 136 valence electrons. The van der Waals surface area contributed by atoms with Crippen molar-refractivity contribution in [3.05, 3.63) is 60.2 Å². The van der Waals surface area contributed by atoms with Crippen LogP contribution in [-0.2, 0) is 21.2 Å². The molecule has 5 nitrogen and oxygen atoms in total. The van der Waals surface area contributed by atoms with Crippen LogP contribution in [0.1, 0.15) is 18.9 Å². The summed E-state index contributed by atoms with van der Waals surface area (Å²) in [5, 5.41) is 0. The van der Waals surface area contributed by atoms with E-state index in [1.54, 1.807) is 31.4 Å². The molecule has 0 saturated heterocycles. The van der Waals surface area contributed by atoms with Crippen molar-refractivity contribution in [2.45, 2.75) is 30.7 Å². The zero-order chi connectivity index (χ0) is 18.1. The van der Waals surface area contributed by atoms with Gasteiger partial charge in [-0.1, -0.05) is 30.3 Å². The van der Waals surface area contributed by atoms with E-state index in [1.165, 1.54) is 5.56 Å². The minimum atomic E-state index is -3.54. The summed E-state index contributed by atoms with van der Waals surface area (Å²) in [5.41, 5.74) is 1.20. The van der Waals surface area contributed by atoms with Crippen molar-refractivity contribution >= 4 is 10.0 Å². The highest BCUT2D eigenvalue weighted by Crippen LogP contribution is 2.17.